The lowest BCUT2D eigenvalue weighted by Gasteiger charge is -2.21. The Labute approximate surface area is 103 Å². The zero-order valence-electron chi connectivity index (χ0n) is 10.7. The van der Waals surface area contributed by atoms with Crippen LogP contribution in [0.4, 0.5) is 0 Å². The van der Waals surface area contributed by atoms with E-state index in [1.54, 1.807) is 0 Å². The number of hydrogen-bond acceptors (Lipinski definition) is 2. The molecule has 0 bridgehead atoms. The molecule has 3 nitrogen and oxygen atoms in total. The van der Waals surface area contributed by atoms with Crippen LogP contribution in [0.5, 0.6) is 0 Å². The van der Waals surface area contributed by atoms with Gasteiger partial charge in [0.1, 0.15) is 5.82 Å². The summed E-state index contributed by atoms with van der Waals surface area (Å²) in [5.74, 6) is 1.99. The first-order chi connectivity index (χ1) is 8.33. The molecule has 2 aliphatic heterocycles. The standard InChI is InChI=1S/C14H22N2O/c1-11-4-2-6-14-15-13(9-16(11)14)8-12-5-3-7-17-10-12/h9,11-12H,2-8,10H2,1H3. The highest BCUT2D eigenvalue weighted by Crippen LogP contribution is 2.26. The van der Waals surface area contributed by atoms with Crippen molar-refractivity contribution in [2.75, 3.05) is 13.2 Å². The Balaban J connectivity index is 1.71. The summed E-state index contributed by atoms with van der Waals surface area (Å²) >= 11 is 0. The third-order valence-corrected chi connectivity index (χ3v) is 4.11. The van der Waals surface area contributed by atoms with Crippen LogP contribution in [-0.4, -0.2) is 22.8 Å². The van der Waals surface area contributed by atoms with Crippen LogP contribution in [0.2, 0.25) is 0 Å². The first-order valence-corrected chi connectivity index (χ1v) is 6.97. The summed E-state index contributed by atoms with van der Waals surface area (Å²) in [6, 6.07) is 0.641. The molecule has 0 amide bonds. The summed E-state index contributed by atoms with van der Waals surface area (Å²) in [7, 11) is 0. The molecule has 1 aromatic heterocycles. The fourth-order valence-corrected chi connectivity index (χ4v) is 3.11. The van der Waals surface area contributed by atoms with Gasteiger partial charge in [0.15, 0.2) is 0 Å². The summed E-state index contributed by atoms with van der Waals surface area (Å²) in [5.41, 5.74) is 1.28. The van der Waals surface area contributed by atoms with Crippen molar-refractivity contribution in [3.8, 4) is 0 Å². The molecule has 1 saturated heterocycles. The molecule has 0 N–H and O–H groups in total. The van der Waals surface area contributed by atoms with Crippen molar-refractivity contribution < 1.29 is 4.74 Å². The smallest absolute Gasteiger partial charge is 0.109 e. The average Bonchev–Trinajstić information content (AvgIpc) is 2.74. The van der Waals surface area contributed by atoms with E-state index in [1.807, 2.05) is 0 Å². The summed E-state index contributed by atoms with van der Waals surface area (Å²) in [5, 5.41) is 0. The Morgan fingerprint density at radius 1 is 1.41 bits per heavy atom. The van der Waals surface area contributed by atoms with Crippen molar-refractivity contribution in [1.29, 1.82) is 0 Å². The molecule has 3 rings (SSSR count). The van der Waals surface area contributed by atoms with E-state index in [0.717, 1.165) is 26.1 Å². The van der Waals surface area contributed by atoms with Gasteiger partial charge in [-0.25, -0.2) is 4.98 Å². The van der Waals surface area contributed by atoms with Gasteiger partial charge in [0, 0.05) is 31.9 Å². The summed E-state index contributed by atoms with van der Waals surface area (Å²) in [6.07, 6.45) is 9.66. The van der Waals surface area contributed by atoms with Crippen LogP contribution in [0.15, 0.2) is 6.20 Å². The molecule has 94 valence electrons. The van der Waals surface area contributed by atoms with Crippen LogP contribution in [-0.2, 0) is 17.6 Å². The molecule has 0 saturated carbocycles. The van der Waals surface area contributed by atoms with Crippen LogP contribution in [0.25, 0.3) is 0 Å². The monoisotopic (exact) mass is 234 g/mol. The average molecular weight is 234 g/mol. The molecule has 3 heterocycles. The lowest BCUT2D eigenvalue weighted by molar-refractivity contribution is 0.0547. The van der Waals surface area contributed by atoms with Crippen molar-refractivity contribution in [3.05, 3.63) is 17.7 Å². The van der Waals surface area contributed by atoms with Gasteiger partial charge >= 0.3 is 0 Å². The maximum absolute atomic E-state index is 5.54. The maximum Gasteiger partial charge on any atom is 0.109 e. The Kier molecular flexibility index (Phi) is 3.19. The van der Waals surface area contributed by atoms with Crippen molar-refractivity contribution in [2.24, 2.45) is 5.92 Å². The molecule has 2 unspecified atom stereocenters. The molecule has 2 atom stereocenters. The number of ether oxygens (including phenoxy) is 1. The molecular formula is C14H22N2O. The second kappa shape index (κ2) is 4.81. The number of aromatic nitrogens is 2. The number of imidazole rings is 1. The van der Waals surface area contributed by atoms with Crippen molar-refractivity contribution in [3.63, 3.8) is 0 Å². The van der Waals surface area contributed by atoms with Gasteiger partial charge in [0.25, 0.3) is 0 Å². The van der Waals surface area contributed by atoms with Gasteiger partial charge in [-0.15, -0.1) is 0 Å². The van der Waals surface area contributed by atoms with Crippen LogP contribution >= 0.6 is 0 Å². The fourth-order valence-electron chi connectivity index (χ4n) is 3.11. The fraction of sp³-hybridized carbons (Fsp3) is 0.786. The number of nitrogens with zero attached hydrogens (tertiary/aromatic N) is 2. The Bertz CT molecular complexity index is 380. The van der Waals surface area contributed by atoms with Gasteiger partial charge in [-0.3, -0.25) is 0 Å². The van der Waals surface area contributed by atoms with Gasteiger partial charge in [-0.1, -0.05) is 0 Å². The highest BCUT2D eigenvalue weighted by atomic mass is 16.5. The van der Waals surface area contributed by atoms with E-state index in [0.29, 0.717) is 12.0 Å². The minimum atomic E-state index is 0.641. The topological polar surface area (TPSA) is 27.1 Å². The first-order valence-electron chi connectivity index (χ1n) is 6.97. The molecule has 0 aliphatic carbocycles. The Morgan fingerprint density at radius 3 is 3.12 bits per heavy atom. The second-order valence-corrected chi connectivity index (χ2v) is 5.58. The van der Waals surface area contributed by atoms with E-state index in [4.69, 9.17) is 9.72 Å². The van der Waals surface area contributed by atoms with Crippen molar-refractivity contribution in [1.82, 2.24) is 9.55 Å². The van der Waals surface area contributed by atoms with Crippen LogP contribution in [0.1, 0.15) is 50.2 Å². The van der Waals surface area contributed by atoms with Crippen molar-refractivity contribution in [2.45, 2.75) is 51.5 Å². The van der Waals surface area contributed by atoms with Crippen molar-refractivity contribution >= 4 is 0 Å². The number of aryl methyl sites for hydroxylation is 1. The highest BCUT2D eigenvalue weighted by molar-refractivity contribution is 5.08. The molecular weight excluding hydrogens is 212 g/mol. The molecule has 1 fully saturated rings. The predicted molar refractivity (Wildman–Crippen MR) is 67.1 cm³/mol. The van der Waals surface area contributed by atoms with Gasteiger partial charge in [0.2, 0.25) is 0 Å². The maximum atomic E-state index is 5.54. The first kappa shape index (κ1) is 11.3. The predicted octanol–water partition coefficient (Wildman–Crippen LogP) is 2.75. The van der Waals surface area contributed by atoms with E-state index in [9.17, 15) is 0 Å². The molecule has 0 radical (unpaired) electrons. The molecule has 1 aromatic rings. The van der Waals surface area contributed by atoms with Gasteiger partial charge < -0.3 is 9.30 Å². The minimum Gasteiger partial charge on any atom is -0.381 e. The van der Waals surface area contributed by atoms with E-state index < -0.39 is 0 Å². The third-order valence-electron chi connectivity index (χ3n) is 4.11. The van der Waals surface area contributed by atoms with Crippen LogP contribution in [0.3, 0.4) is 0 Å². The number of hydrogen-bond donors (Lipinski definition) is 0. The number of fused-ring (bicyclic) bond motifs is 1. The van der Waals surface area contributed by atoms with Gasteiger partial charge in [-0.2, -0.15) is 0 Å². The van der Waals surface area contributed by atoms with Crippen LogP contribution in [0, 0.1) is 5.92 Å². The van der Waals surface area contributed by atoms with Gasteiger partial charge in [0.05, 0.1) is 5.69 Å². The molecule has 17 heavy (non-hydrogen) atoms. The lowest BCUT2D eigenvalue weighted by atomic mass is 9.97. The van der Waals surface area contributed by atoms with E-state index in [-0.39, 0.29) is 0 Å². The van der Waals surface area contributed by atoms with E-state index in [2.05, 4.69) is 17.7 Å². The van der Waals surface area contributed by atoms with Crippen LogP contribution < -0.4 is 0 Å². The third kappa shape index (κ3) is 2.39. The molecule has 3 heteroatoms. The number of rotatable bonds is 2. The Hall–Kier alpha value is -0.830. The molecule has 2 aliphatic rings. The SMILES string of the molecule is CC1CCCc2nc(CC3CCCOC3)cn21. The minimum absolute atomic E-state index is 0.641. The zero-order valence-corrected chi connectivity index (χ0v) is 10.7. The molecule has 0 spiro atoms. The Morgan fingerprint density at radius 2 is 2.35 bits per heavy atom. The quantitative estimate of drug-likeness (QED) is 0.786. The molecule has 0 aromatic carbocycles. The van der Waals surface area contributed by atoms with E-state index in [1.165, 1.54) is 37.2 Å². The van der Waals surface area contributed by atoms with E-state index >= 15 is 0 Å². The zero-order chi connectivity index (χ0) is 11.7. The van der Waals surface area contributed by atoms with Gasteiger partial charge in [-0.05, 0) is 44.9 Å². The lowest BCUT2D eigenvalue weighted by Crippen LogP contribution is -2.19. The summed E-state index contributed by atoms with van der Waals surface area (Å²) < 4.78 is 7.93. The second-order valence-electron chi connectivity index (χ2n) is 5.58. The summed E-state index contributed by atoms with van der Waals surface area (Å²) in [6.45, 7) is 4.18. The normalized spacial score (nSPS) is 29.0. The highest BCUT2D eigenvalue weighted by Gasteiger charge is 2.20. The largest absolute Gasteiger partial charge is 0.381 e. The summed E-state index contributed by atoms with van der Waals surface area (Å²) in [4.78, 5) is 4.80.